The summed E-state index contributed by atoms with van der Waals surface area (Å²) in [6.07, 6.45) is -7.10. The third-order valence-corrected chi connectivity index (χ3v) is 8.56. The molecular weight excluding hydrogens is 539 g/mol. The topological polar surface area (TPSA) is 126 Å². The van der Waals surface area contributed by atoms with Crippen molar-refractivity contribution in [2.24, 2.45) is 0 Å². The van der Waals surface area contributed by atoms with Crippen LogP contribution in [-0.2, 0) is 19.4 Å². The number of benzene rings is 1. The highest BCUT2D eigenvalue weighted by Crippen LogP contribution is 2.37. The molecule has 1 aliphatic heterocycles. The minimum Gasteiger partial charge on any atom is -0.481 e. The number of sulfone groups is 1. The van der Waals surface area contributed by atoms with Crippen molar-refractivity contribution in [2.75, 3.05) is 6.54 Å². The summed E-state index contributed by atoms with van der Waals surface area (Å²) < 4.78 is 75.5. The van der Waals surface area contributed by atoms with E-state index < -0.39 is 63.1 Å². The smallest absolute Gasteiger partial charge is 0.425 e. The summed E-state index contributed by atoms with van der Waals surface area (Å²) in [6, 6.07) is 3.82. The summed E-state index contributed by atoms with van der Waals surface area (Å²) in [5.74, 6) is -0.961. The van der Waals surface area contributed by atoms with Crippen LogP contribution in [-0.4, -0.2) is 66.6 Å². The molecule has 204 valence electrons. The van der Waals surface area contributed by atoms with E-state index in [1.165, 1.54) is 0 Å². The van der Waals surface area contributed by atoms with Gasteiger partial charge in [0.05, 0.1) is 21.2 Å². The molecule has 1 saturated heterocycles. The van der Waals surface area contributed by atoms with Crippen LogP contribution in [0.4, 0.5) is 18.0 Å². The Balaban J connectivity index is 1.87. The molecular formula is C23H27ClF3N3O6S. The monoisotopic (exact) mass is 565 g/mol. The van der Waals surface area contributed by atoms with Gasteiger partial charge in [0.2, 0.25) is 5.91 Å². The van der Waals surface area contributed by atoms with Crippen LogP contribution >= 0.6 is 11.6 Å². The van der Waals surface area contributed by atoms with E-state index in [9.17, 15) is 36.4 Å². The molecule has 3 rings (SSSR count). The van der Waals surface area contributed by atoms with E-state index in [1.54, 1.807) is 20.8 Å². The normalized spacial score (nSPS) is 22.1. The van der Waals surface area contributed by atoms with Crippen molar-refractivity contribution >= 4 is 33.4 Å². The van der Waals surface area contributed by atoms with E-state index in [4.69, 9.17) is 21.1 Å². The molecule has 3 atom stereocenters. The van der Waals surface area contributed by atoms with Crippen molar-refractivity contribution in [3.05, 3.63) is 23.2 Å². The van der Waals surface area contributed by atoms with Gasteiger partial charge in [0.1, 0.15) is 22.9 Å². The van der Waals surface area contributed by atoms with Gasteiger partial charge in [-0.05, 0) is 59.1 Å². The lowest BCUT2D eigenvalue weighted by Crippen LogP contribution is -2.50. The Labute approximate surface area is 217 Å². The predicted molar refractivity (Wildman–Crippen MR) is 126 cm³/mol. The van der Waals surface area contributed by atoms with Gasteiger partial charge in [-0.1, -0.05) is 11.6 Å². The first-order valence-corrected chi connectivity index (χ1v) is 13.3. The van der Waals surface area contributed by atoms with Crippen molar-refractivity contribution in [1.29, 1.82) is 5.26 Å². The average molecular weight is 566 g/mol. The zero-order valence-electron chi connectivity index (χ0n) is 20.6. The number of alkyl halides is 3. The Morgan fingerprint density at radius 1 is 1.27 bits per heavy atom. The van der Waals surface area contributed by atoms with E-state index in [-0.39, 0.29) is 22.1 Å². The van der Waals surface area contributed by atoms with Gasteiger partial charge in [-0.3, -0.25) is 9.69 Å². The van der Waals surface area contributed by atoms with Crippen molar-refractivity contribution < 1.29 is 40.7 Å². The molecule has 1 heterocycles. The third kappa shape index (κ3) is 6.59. The van der Waals surface area contributed by atoms with Crippen LogP contribution in [0.15, 0.2) is 23.1 Å². The second kappa shape index (κ2) is 9.87. The number of amides is 2. The number of halogens is 4. The first kappa shape index (κ1) is 28.8. The van der Waals surface area contributed by atoms with E-state index in [2.05, 4.69) is 5.32 Å². The van der Waals surface area contributed by atoms with E-state index in [1.807, 2.05) is 6.07 Å². The van der Waals surface area contributed by atoms with Gasteiger partial charge >= 0.3 is 12.3 Å². The third-order valence-electron chi connectivity index (χ3n) is 5.94. The molecule has 1 aromatic rings. The molecule has 0 aromatic heterocycles. The summed E-state index contributed by atoms with van der Waals surface area (Å²) in [5, 5.41) is 10.3. The second-order valence-electron chi connectivity index (χ2n) is 10.1. The van der Waals surface area contributed by atoms with Crippen LogP contribution in [0.2, 0.25) is 5.02 Å². The van der Waals surface area contributed by atoms with Crippen LogP contribution < -0.4 is 10.1 Å². The van der Waals surface area contributed by atoms with Crippen molar-refractivity contribution in [2.45, 2.75) is 86.6 Å². The van der Waals surface area contributed by atoms with Gasteiger partial charge in [-0.2, -0.15) is 18.4 Å². The van der Waals surface area contributed by atoms with Crippen LogP contribution in [0.3, 0.4) is 0 Å². The maximum atomic E-state index is 13.5. The molecule has 14 heteroatoms. The largest absolute Gasteiger partial charge is 0.481 e. The molecule has 1 saturated carbocycles. The highest BCUT2D eigenvalue weighted by atomic mass is 35.5. The summed E-state index contributed by atoms with van der Waals surface area (Å²) in [7, 11) is -4.26. The summed E-state index contributed by atoms with van der Waals surface area (Å²) >= 11 is 6.13. The number of carbonyl (C=O) groups is 2. The number of likely N-dealkylation sites (tertiary alicyclic amines) is 1. The first-order valence-electron chi connectivity index (χ1n) is 11.4. The van der Waals surface area contributed by atoms with E-state index >= 15 is 0 Å². The van der Waals surface area contributed by atoms with Crippen LogP contribution in [0.5, 0.6) is 5.75 Å². The van der Waals surface area contributed by atoms with Gasteiger partial charge in [-0.25, -0.2) is 13.2 Å². The molecule has 1 aromatic carbocycles. The quantitative estimate of drug-likeness (QED) is 0.552. The average Bonchev–Trinajstić information content (AvgIpc) is 3.36. The SMILES string of the molecule is C[C@H](Oc1ccc(S(=O)(=O)C2CC(C(=O)NC3(C#N)CC3)N(C(=O)OC(C)(C)C)C2)c(Cl)c1)C(F)(F)F. The van der Waals surface area contributed by atoms with Crippen LogP contribution in [0.1, 0.15) is 47.0 Å². The fraction of sp³-hybridized carbons (Fsp3) is 0.609. The maximum absolute atomic E-state index is 13.5. The van der Waals surface area contributed by atoms with Gasteiger partial charge < -0.3 is 14.8 Å². The van der Waals surface area contributed by atoms with Crippen molar-refractivity contribution in [3.8, 4) is 11.8 Å². The number of nitrogens with one attached hydrogen (secondary N) is 1. The van der Waals surface area contributed by atoms with E-state index in [0.717, 1.165) is 30.0 Å². The molecule has 2 fully saturated rings. The number of nitriles is 1. The summed E-state index contributed by atoms with van der Waals surface area (Å²) in [4.78, 5) is 26.5. The van der Waals surface area contributed by atoms with Gasteiger partial charge in [0.15, 0.2) is 15.9 Å². The van der Waals surface area contributed by atoms with E-state index in [0.29, 0.717) is 12.8 Å². The molecule has 2 unspecified atom stereocenters. The van der Waals surface area contributed by atoms with Crippen LogP contribution in [0, 0.1) is 11.3 Å². The second-order valence-corrected chi connectivity index (χ2v) is 12.7. The van der Waals surface area contributed by atoms with Crippen molar-refractivity contribution in [1.82, 2.24) is 10.2 Å². The Kier molecular flexibility index (Phi) is 7.69. The highest BCUT2D eigenvalue weighted by Gasteiger charge is 2.51. The van der Waals surface area contributed by atoms with Gasteiger partial charge in [-0.15, -0.1) is 0 Å². The zero-order chi connectivity index (χ0) is 28.0. The minimum atomic E-state index is -4.63. The molecule has 0 radical (unpaired) electrons. The maximum Gasteiger partial charge on any atom is 0.425 e. The molecule has 37 heavy (non-hydrogen) atoms. The Bertz CT molecular complexity index is 1220. The number of ether oxygens (including phenoxy) is 2. The first-order chi connectivity index (χ1) is 16.9. The van der Waals surface area contributed by atoms with Gasteiger partial charge in [0, 0.05) is 12.6 Å². The minimum absolute atomic E-state index is 0.279. The van der Waals surface area contributed by atoms with Crippen LogP contribution in [0.25, 0.3) is 0 Å². The summed E-state index contributed by atoms with van der Waals surface area (Å²) in [6.45, 7) is 5.24. The highest BCUT2D eigenvalue weighted by molar-refractivity contribution is 7.92. The standard InChI is InChI=1S/C23H27ClF3N3O6S/c1-13(23(25,26)27)35-14-5-6-18(16(24)9-14)37(33,34)15-10-17(19(31)29-22(12-28)7-8-22)30(11-15)20(32)36-21(2,3)4/h5-6,9,13,15,17H,7-8,10-11H2,1-4H3,(H,29,31)/t13-,15?,17?/m0/s1. The molecule has 9 nitrogen and oxygen atoms in total. The predicted octanol–water partition coefficient (Wildman–Crippen LogP) is 3.99. The number of hydrogen-bond acceptors (Lipinski definition) is 7. The fourth-order valence-electron chi connectivity index (χ4n) is 3.74. The molecule has 0 bridgehead atoms. The molecule has 2 aliphatic rings. The Morgan fingerprint density at radius 2 is 1.89 bits per heavy atom. The lowest BCUT2D eigenvalue weighted by Gasteiger charge is -2.28. The van der Waals surface area contributed by atoms with Gasteiger partial charge in [0.25, 0.3) is 0 Å². The van der Waals surface area contributed by atoms with Crippen molar-refractivity contribution in [3.63, 3.8) is 0 Å². The number of rotatable bonds is 6. The lowest BCUT2D eigenvalue weighted by molar-refractivity contribution is -0.189. The Hall–Kier alpha value is -2.72. The number of nitrogens with zero attached hydrogens (tertiary/aromatic N) is 2. The number of carbonyl (C=O) groups excluding carboxylic acids is 2. The molecule has 1 N–H and O–H groups in total. The Morgan fingerprint density at radius 3 is 2.38 bits per heavy atom. The lowest BCUT2D eigenvalue weighted by atomic mass is 10.2. The molecule has 0 spiro atoms. The molecule has 2 amide bonds. The molecule has 1 aliphatic carbocycles. The number of hydrogen-bond donors (Lipinski definition) is 1. The summed E-state index contributed by atoms with van der Waals surface area (Å²) in [5.41, 5.74) is -1.97. The fourth-order valence-corrected chi connectivity index (χ4v) is 5.97. The zero-order valence-corrected chi connectivity index (χ0v) is 22.1.